The number of hydrogen-bond donors (Lipinski definition) is 1. The van der Waals surface area contributed by atoms with Crippen LogP contribution in [-0.2, 0) is 12.8 Å². The average molecular weight is 169 g/mol. The lowest BCUT2D eigenvalue weighted by Crippen LogP contribution is -2.01. The SMILES string of the molecule is c1ccc2c(c1)CCc1cc[nH]c1-2. The van der Waals surface area contributed by atoms with Crippen molar-refractivity contribution in [2.45, 2.75) is 12.8 Å². The topological polar surface area (TPSA) is 15.8 Å². The van der Waals surface area contributed by atoms with Crippen molar-refractivity contribution < 1.29 is 0 Å². The summed E-state index contributed by atoms with van der Waals surface area (Å²) in [7, 11) is 0. The second-order valence-corrected chi connectivity index (χ2v) is 3.54. The number of aromatic nitrogens is 1. The van der Waals surface area contributed by atoms with Crippen LogP contribution in [0.15, 0.2) is 36.5 Å². The Hall–Kier alpha value is -1.50. The highest BCUT2D eigenvalue weighted by Gasteiger charge is 2.15. The van der Waals surface area contributed by atoms with Crippen molar-refractivity contribution in [3.8, 4) is 11.3 Å². The highest BCUT2D eigenvalue weighted by Crippen LogP contribution is 2.31. The molecular weight excluding hydrogens is 158 g/mol. The van der Waals surface area contributed by atoms with Crippen LogP contribution in [0, 0.1) is 0 Å². The van der Waals surface area contributed by atoms with E-state index in [1.807, 2.05) is 6.20 Å². The molecule has 64 valence electrons. The van der Waals surface area contributed by atoms with E-state index in [0.29, 0.717) is 0 Å². The zero-order valence-corrected chi connectivity index (χ0v) is 7.38. The Bertz CT molecular complexity index is 440. The van der Waals surface area contributed by atoms with Gasteiger partial charge in [-0.2, -0.15) is 0 Å². The first-order valence-electron chi connectivity index (χ1n) is 4.70. The van der Waals surface area contributed by atoms with Crippen molar-refractivity contribution in [2.24, 2.45) is 0 Å². The average Bonchev–Trinajstić information content (AvgIpc) is 2.65. The van der Waals surface area contributed by atoms with E-state index in [9.17, 15) is 0 Å². The summed E-state index contributed by atoms with van der Waals surface area (Å²) in [6, 6.07) is 10.8. The summed E-state index contributed by atoms with van der Waals surface area (Å²) in [4.78, 5) is 3.31. The minimum atomic E-state index is 1.18. The lowest BCUT2D eigenvalue weighted by Gasteiger charge is -2.15. The van der Waals surface area contributed by atoms with Gasteiger partial charge < -0.3 is 4.98 Å². The second kappa shape index (κ2) is 2.49. The quantitative estimate of drug-likeness (QED) is 0.624. The molecule has 1 heteroatoms. The molecule has 0 amide bonds. The van der Waals surface area contributed by atoms with E-state index in [2.05, 4.69) is 35.3 Å². The van der Waals surface area contributed by atoms with Gasteiger partial charge in [0.15, 0.2) is 0 Å². The molecule has 3 rings (SSSR count). The molecular formula is C12H11N. The molecule has 0 radical (unpaired) electrons. The third-order valence-corrected chi connectivity index (χ3v) is 2.78. The van der Waals surface area contributed by atoms with Gasteiger partial charge in [0.1, 0.15) is 0 Å². The summed E-state index contributed by atoms with van der Waals surface area (Å²) < 4.78 is 0. The molecule has 0 unspecified atom stereocenters. The molecule has 13 heavy (non-hydrogen) atoms. The van der Waals surface area contributed by atoms with E-state index >= 15 is 0 Å². The maximum Gasteiger partial charge on any atom is 0.0489 e. The van der Waals surface area contributed by atoms with Gasteiger partial charge in [-0.3, -0.25) is 0 Å². The van der Waals surface area contributed by atoms with Crippen LogP contribution in [-0.4, -0.2) is 4.98 Å². The summed E-state index contributed by atoms with van der Waals surface area (Å²) in [5.41, 5.74) is 5.63. The number of nitrogens with one attached hydrogen (secondary N) is 1. The molecule has 1 aromatic carbocycles. The molecule has 0 bridgehead atoms. The molecule has 0 fully saturated rings. The number of hydrogen-bond acceptors (Lipinski definition) is 0. The fourth-order valence-electron chi connectivity index (χ4n) is 2.11. The zero-order valence-electron chi connectivity index (χ0n) is 7.38. The van der Waals surface area contributed by atoms with Gasteiger partial charge >= 0.3 is 0 Å². The van der Waals surface area contributed by atoms with Crippen LogP contribution in [0.3, 0.4) is 0 Å². The Morgan fingerprint density at radius 1 is 0.923 bits per heavy atom. The molecule has 2 aromatic rings. The normalized spacial score (nSPS) is 13.5. The van der Waals surface area contributed by atoms with Crippen LogP contribution < -0.4 is 0 Å². The van der Waals surface area contributed by atoms with Gasteiger partial charge in [-0.1, -0.05) is 24.3 Å². The largest absolute Gasteiger partial charge is 0.361 e. The zero-order chi connectivity index (χ0) is 8.67. The monoisotopic (exact) mass is 169 g/mol. The van der Waals surface area contributed by atoms with Crippen molar-refractivity contribution in [2.75, 3.05) is 0 Å². The predicted octanol–water partition coefficient (Wildman–Crippen LogP) is 2.78. The van der Waals surface area contributed by atoms with Crippen molar-refractivity contribution in [3.63, 3.8) is 0 Å². The lowest BCUT2D eigenvalue weighted by atomic mass is 9.91. The smallest absolute Gasteiger partial charge is 0.0489 e. The number of H-pyrrole nitrogens is 1. The maximum absolute atomic E-state index is 3.31. The Kier molecular flexibility index (Phi) is 1.33. The molecule has 1 aliphatic rings. The summed E-state index contributed by atoms with van der Waals surface area (Å²) >= 11 is 0. The maximum atomic E-state index is 3.31. The minimum Gasteiger partial charge on any atom is -0.361 e. The first kappa shape index (κ1) is 6.96. The Labute approximate surface area is 77.4 Å². The van der Waals surface area contributed by atoms with Crippen molar-refractivity contribution >= 4 is 0 Å². The summed E-state index contributed by atoms with van der Waals surface area (Å²) in [5.74, 6) is 0. The van der Waals surface area contributed by atoms with E-state index in [0.717, 1.165) is 0 Å². The summed E-state index contributed by atoms with van der Waals surface area (Å²) in [6.45, 7) is 0. The molecule has 1 aromatic heterocycles. The van der Waals surface area contributed by atoms with E-state index in [1.165, 1.54) is 35.2 Å². The molecule has 0 aliphatic heterocycles. The number of aryl methyl sites for hydroxylation is 2. The van der Waals surface area contributed by atoms with Crippen LogP contribution in [0.25, 0.3) is 11.3 Å². The molecule has 1 aliphatic carbocycles. The Balaban J connectivity index is 2.30. The fraction of sp³-hybridized carbons (Fsp3) is 0.167. The number of fused-ring (bicyclic) bond motifs is 3. The van der Waals surface area contributed by atoms with E-state index < -0.39 is 0 Å². The van der Waals surface area contributed by atoms with Gasteiger partial charge in [0.25, 0.3) is 0 Å². The molecule has 0 spiro atoms. The Morgan fingerprint density at radius 3 is 2.77 bits per heavy atom. The standard InChI is InChI=1S/C12H11N/c1-2-4-11-9(3-1)5-6-10-7-8-13-12(10)11/h1-4,7-8,13H,5-6H2. The van der Waals surface area contributed by atoms with Crippen molar-refractivity contribution in [1.29, 1.82) is 0 Å². The van der Waals surface area contributed by atoms with Crippen LogP contribution >= 0.6 is 0 Å². The first-order valence-corrected chi connectivity index (χ1v) is 4.70. The second-order valence-electron chi connectivity index (χ2n) is 3.54. The minimum absolute atomic E-state index is 1.18. The van der Waals surface area contributed by atoms with Gasteiger partial charge in [0.2, 0.25) is 0 Å². The molecule has 0 atom stereocenters. The van der Waals surface area contributed by atoms with Crippen LogP contribution in [0.2, 0.25) is 0 Å². The van der Waals surface area contributed by atoms with Crippen LogP contribution in [0.5, 0.6) is 0 Å². The van der Waals surface area contributed by atoms with Gasteiger partial charge in [-0.25, -0.2) is 0 Å². The highest BCUT2D eigenvalue weighted by molar-refractivity contribution is 5.69. The van der Waals surface area contributed by atoms with Crippen LogP contribution in [0.1, 0.15) is 11.1 Å². The van der Waals surface area contributed by atoms with Gasteiger partial charge in [0.05, 0.1) is 0 Å². The van der Waals surface area contributed by atoms with Crippen molar-refractivity contribution in [1.82, 2.24) is 4.98 Å². The molecule has 0 saturated heterocycles. The fourth-order valence-corrected chi connectivity index (χ4v) is 2.11. The first-order chi connectivity index (χ1) is 6.45. The van der Waals surface area contributed by atoms with Crippen LogP contribution in [0.4, 0.5) is 0 Å². The van der Waals surface area contributed by atoms with E-state index in [-0.39, 0.29) is 0 Å². The molecule has 1 heterocycles. The molecule has 1 N–H and O–H groups in total. The molecule has 0 saturated carbocycles. The third-order valence-electron chi connectivity index (χ3n) is 2.78. The number of aromatic amines is 1. The van der Waals surface area contributed by atoms with Gasteiger partial charge in [-0.05, 0) is 30.0 Å². The predicted molar refractivity (Wildman–Crippen MR) is 53.6 cm³/mol. The van der Waals surface area contributed by atoms with Gasteiger partial charge in [0, 0.05) is 17.5 Å². The van der Waals surface area contributed by atoms with Gasteiger partial charge in [-0.15, -0.1) is 0 Å². The van der Waals surface area contributed by atoms with E-state index in [4.69, 9.17) is 0 Å². The summed E-state index contributed by atoms with van der Waals surface area (Å²) in [5, 5.41) is 0. The molecule has 1 nitrogen and oxygen atoms in total. The summed E-state index contributed by atoms with van der Waals surface area (Å²) in [6.07, 6.45) is 4.39. The number of benzene rings is 1. The third kappa shape index (κ3) is 0.934. The van der Waals surface area contributed by atoms with E-state index in [1.54, 1.807) is 0 Å². The van der Waals surface area contributed by atoms with Crippen molar-refractivity contribution in [3.05, 3.63) is 47.7 Å². The number of rotatable bonds is 0. The highest BCUT2D eigenvalue weighted by atomic mass is 14.7. The lowest BCUT2D eigenvalue weighted by molar-refractivity contribution is 0.942. The Morgan fingerprint density at radius 2 is 1.77 bits per heavy atom.